The zero-order valence-corrected chi connectivity index (χ0v) is 14.3. The molecule has 134 valence electrons. The van der Waals surface area contributed by atoms with Gasteiger partial charge in [0.15, 0.2) is 5.82 Å². The number of unbranched alkanes of at least 4 members (excludes halogenated alkanes) is 1. The molecule has 0 fully saturated rings. The highest BCUT2D eigenvalue weighted by Crippen LogP contribution is 2.39. The number of carbonyl (C=O) groups excluding carboxylic acids is 1. The standard InChI is InChI=1S/C19H19FN4O2/c1-2-3-11-26-16-13(18-22-19(17(21)25)24-23-18)9-10-14(20)15(16)12-7-5-4-6-8-12/h4-10H,2-3,11H2,1H3,(H2,21,25)(H,22,23,24). The smallest absolute Gasteiger partial charge is 0.286 e. The zero-order chi connectivity index (χ0) is 18.5. The number of ether oxygens (including phenoxy) is 1. The van der Waals surface area contributed by atoms with Crippen LogP contribution in [0.15, 0.2) is 42.5 Å². The number of hydrogen-bond donors (Lipinski definition) is 2. The van der Waals surface area contributed by atoms with E-state index >= 15 is 0 Å². The maximum Gasteiger partial charge on any atom is 0.286 e. The number of carbonyl (C=O) groups is 1. The van der Waals surface area contributed by atoms with Gasteiger partial charge in [0.05, 0.1) is 17.7 Å². The molecular weight excluding hydrogens is 335 g/mol. The Balaban J connectivity index is 2.15. The first-order valence-electron chi connectivity index (χ1n) is 8.35. The van der Waals surface area contributed by atoms with Crippen LogP contribution < -0.4 is 10.5 Å². The highest BCUT2D eigenvalue weighted by Gasteiger charge is 2.21. The zero-order valence-electron chi connectivity index (χ0n) is 14.3. The lowest BCUT2D eigenvalue weighted by molar-refractivity contribution is 0.0991. The maximum absolute atomic E-state index is 14.7. The first-order chi connectivity index (χ1) is 12.6. The van der Waals surface area contributed by atoms with E-state index in [2.05, 4.69) is 15.2 Å². The van der Waals surface area contributed by atoms with Gasteiger partial charge < -0.3 is 10.5 Å². The topological polar surface area (TPSA) is 93.9 Å². The van der Waals surface area contributed by atoms with Crippen LogP contribution in [0.3, 0.4) is 0 Å². The van der Waals surface area contributed by atoms with E-state index in [9.17, 15) is 9.18 Å². The molecule has 2 aromatic carbocycles. The highest BCUT2D eigenvalue weighted by atomic mass is 19.1. The predicted molar refractivity (Wildman–Crippen MR) is 96.1 cm³/mol. The molecule has 0 spiro atoms. The van der Waals surface area contributed by atoms with Crippen molar-refractivity contribution in [3.63, 3.8) is 0 Å². The van der Waals surface area contributed by atoms with Crippen molar-refractivity contribution in [2.24, 2.45) is 5.73 Å². The third-order valence-corrected chi connectivity index (χ3v) is 3.87. The molecule has 0 saturated heterocycles. The molecule has 0 aliphatic carbocycles. The van der Waals surface area contributed by atoms with Crippen molar-refractivity contribution in [1.29, 1.82) is 0 Å². The largest absolute Gasteiger partial charge is 0.492 e. The number of primary amides is 1. The van der Waals surface area contributed by atoms with Gasteiger partial charge in [-0.1, -0.05) is 43.7 Å². The predicted octanol–water partition coefficient (Wildman–Crippen LogP) is 3.56. The van der Waals surface area contributed by atoms with Gasteiger partial charge in [0.2, 0.25) is 5.82 Å². The van der Waals surface area contributed by atoms with Gasteiger partial charge in [-0.05, 0) is 24.1 Å². The SMILES string of the molecule is CCCCOc1c(-c2n[nH]c(C(N)=O)n2)ccc(F)c1-c1ccccc1. The molecule has 0 aliphatic rings. The number of H-pyrrole nitrogens is 1. The third kappa shape index (κ3) is 3.56. The number of nitrogens with one attached hydrogen (secondary N) is 1. The minimum absolute atomic E-state index is 0.0647. The number of halogens is 1. The quantitative estimate of drug-likeness (QED) is 0.634. The summed E-state index contributed by atoms with van der Waals surface area (Å²) in [6.07, 6.45) is 1.77. The minimum Gasteiger partial charge on any atom is -0.492 e. The molecule has 0 saturated carbocycles. The second kappa shape index (κ2) is 7.77. The second-order valence-electron chi connectivity index (χ2n) is 5.74. The van der Waals surface area contributed by atoms with Gasteiger partial charge in [-0.2, -0.15) is 5.10 Å². The lowest BCUT2D eigenvalue weighted by atomic mass is 10.00. The maximum atomic E-state index is 14.7. The van der Waals surface area contributed by atoms with E-state index in [4.69, 9.17) is 10.5 Å². The average molecular weight is 354 g/mol. The molecule has 1 amide bonds. The van der Waals surface area contributed by atoms with E-state index in [1.165, 1.54) is 12.1 Å². The van der Waals surface area contributed by atoms with Crippen molar-refractivity contribution < 1.29 is 13.9 Å². The average Bonchev–Trinajstić information content (AvgIpc) is 3.13. The summed E-state index contributed by atoms with van der Waals surface area (Å²) >= 11 is 0. The number of benzene rings is 2. The lowest BCUT2D eigenvalue weighted by Crippen LogP contribution is -2.12. The van der Waals surface area contributed by atoms with Crippen molar-refractivity contribution in [2.45, 2.75) is 19.8 Å². The van der Waals surface area contributed by atoms with E-state index in [0.717, 1.165) is 12.8 Å². The number of rotatable bonds is 7. The van der Waals surface area contributed by atoms with Gasteiger partial charge in [0.1, 0.15) is 11.6 Å². The molecule has 0 unspecified atom stereocenters. The summed E-state index contributed by atoms with van der Waals surface area (Å²) in [7, 11) is 0. The van der Waals surface area contributed by atoms with Crippen LogP contribution in [0, 0.1) is 5.82 Å². The van der Waals surface area contributed by atoms with Gasteiger partial charge in [0, 0.05) is 0 Å². The van der Waals surface area contributed by atoms with Crippen molar-refractivity contribution in [1.82, 2.24) is 15.2 Å². The van der Waals surface area contributed by atoms with Crippen molar-refractivity contribution in [2.75, 3.05) is 6.61 Å². The molecule has 0 bridgehead atoms. The van der Waals surface area contributed by atoms with Crippen LogP contribution in [0.25, 0.3) is 22.5 Å². The Bertz CT molecular complexity index is 909. The Morgan fingerprint density at radius 3 is 2.65 bits per heavy atom. The second-order valence-corrected chi connectivity index (χ2v) is 5.74. The number of aromatic amines is 1. The number of aromatic nitrogens is 3. The summed E-state index contributed by atoms with van der Waals surface area (Å²) in [5.74, 6) is -0.619. The molecule has 3 rings (SSSR count). The van der Waals surface area contributed by atoms with E-state index < -0.39 is 11.7 Å². The van der Waals surface area contributed by atoms with Crippen LogP contribution in [0.1, 0.15) is 30.4 Å². The molecule has 7 heteroatoms. The molecule has 26 heavy (non-hydrogen) atoms. The van der Waals surface area contributed by atoms with Gasteiger partial charge >= 0.3 is 0 Å². The fourth-order valence-corrected chi connectivity index (χ4v) is 2.57. The van der Waals surface area contributed by atoms with Gasteiger partial charge in [-0.25, -0.2) is 9.37 Å². The number of nitrogens with zero attached hydrogens (tertiary/aromatic N) is 2. The number of nitrogens with two attached hydrogens (primary N) is 1. The first kappa shape index (κ1) is 17.6. The van der Waals surface area contributed by atoms with Gasteiger partial charge in [-0.15, -0.1) is 0 Å². The van der Waals surface area contributed by atoms with Crippen LogP contribution in [0.2, 0.25) is 0 Å². The minimum atomic E-state index is -0.720. The Hall–Kier alpha value is -3.22. The van der Waals surface area contributed by atoms with Crippen LogP contribution in [-0.4, -0.2) is 27.7 Å². The Kier molecular flexibility index (Phi) is 5.26. The van der Waals surface area contributed by atoms with Crippen LogP contribution in [0.5, 0.6) is 5.75 Å². The van der Waals surface area contributed by atoms with Crippen LogP contribution in [0.4, 0.5) is 4.39 Å². The monoisotopic (exact) mass is 354 g/mol. The molecule has 3 N–H and O–H groups in total. The highest BCUT2D eigenvalue weighted by molar-refractivity contribution is 5.89. The number of amides is 1. The van der Waals surface area contributed by atoms with E-state index in [-0.39, 0.29) is 11.6 Å². The summed E-state index contributed by atoms with van der Waals surface area (Å²) in [4.78, 5) is 15.4. The summed E-state index contributed by atoms with van der Waals surface area (Å²) < 4.78 is 20.6. The Labute approximate surface area is 150 Å². The fraction of sp³-hybridized carbons (Fsp3) is 0.211. The Morgan fingerprint density at radius 1 is 1.23 bits per heavy atom. The number of hydrogen-bond acceptors (Lipinski definition) is 4. The summed E-state index contributed by atoms with van der Waals surface area (Å²) in [6.45, 7) is 2.47. The summed E-state index contributed by atoms with van der Waals surface area (Å²) in [6, 6.07) is 12.0. The normalized spacial score (nSPS) is 10.7. The molecule has 0 atom stereocenters. The van der Waals surface area contributed by atoms with Crippen molar-refractivity contribution in [3.8, 4) is 28.3 Å². The van der Waals surface area contributed by atoms with Crippen LogP contribution in [-0.2, 0) is 0 Å². The lowest BCUT2D eigenvalue weighted by Gasteiger charge is -2.15. The first-order valence-corrected chi connectivity index (χ1v) is 8.35. The molecule has 3 aromatic rings. The summed E-state index contributed by atoms with van der Waals surface area (Å²) in [5, 5.41) is 6.51. The van der Waals surface area contributed by atoms with Gasteiger partial charge in [0.25, 0.3) is 5.91 Å². The fourth-order valence-electron chi connectivity index (χ4n) is 2.57. The molecular formula is C19H19FN4O2. The molecule has 0 radical (unpaired) electrons. The third-order valence-electron chi connectivity index (χ3n) is 3.87. The molecule has 1 heterocycles. The molecule has 0 aliphatic heterocycles. The van der Waals surface area contributed by atoms with Crippen molar-refractivity contribution >= 4 is 5.91 Å². The van der Waals surface area contributed by atoms with Gasteiger partial charge in [-0.3, -0.25) is 9.89 Å². The van der Waals surface area contributed by atoms with Crippen molar-refractivity contribution in [3.05, 3.63) is 54.1 Å². The molecule has 1 aromatic heterocycles. The van der Waals surface area contributed by atoms with E-state index in [1.807, 2.05) is 37.3 Å². The molecule has 6 nitrogen and oxygen atoms in total. The van der Waals surface area contributed by atoms with Crippen LogP contribution >= 0.6 is 0 Å². The van der Waals surface area contributed by atoms with E-state index in [1.54, 1.807) is 0 Å². The Morgan fingerprint density at radius 2 is 2.00 bits per heavy atom. The van der Waals surface area contributed by atoms with E-state index in [0.29, 0.717) is 29.0 Å². The summed E-state index contributed by atoms with van der Waals surface area (Å²) in [5.41, 5.74) is 6.74.